The molecule has 4 rings (SSSR count). The number of fused-ring (bicyclic) bond motifs is 1. The SMILES string of the molecule is CCN1CCc2nc(NC(=O)Cc3csc(-c4ccc(OC)c(OC)c4)n3)sc2C1. The maximum atomic E-state index is 12.5. The lowest BCUT2D eigenvalue weighted by atomic mass is 10.2. The van der Waals surface area contributed by atoms with Crippen LogP contribution >= 0.6 is 22.7 Å². The maximum Gasteiger partial charge on any atom is 0.232 e. The van der Waals surface area contributed by atoms with Gasteiger partial charge in [-0.25, -0.2) is 9.97 Å². The Kier molecular flexibility index (Phi) is 6.31. The molecule has 0 saturated heterocycles. The van der Waals surface area contributed by atoms with Gasteiger partial charge in [-0.2, -0.15) is 0 Å². The average molecular weight is 445 g/mol. The molecule has 0 spiro atoms. The predicted molar refractivity (Wildman–Crippen MR) is 120 cm³/mol. The minimum absolute atomic E-state index is 0.0994. The molecule has 3 aromatic rings. The molecule has 0 aliphatic carbocycles. The highest BCUT2D eigenvalue weighted by atomic mass is 32.1. The van der Waals surface area contributed by atoms with Gasteiger partial charge in [0.05, 0.1) is 32.0 Å². The Morgan fingerprint density at radius 2 is 2.07 bits per heavy atom. The molecule has 1 aliphatic heterocycles. The van der Waals surface area contributed by atoms with E-state index in [1.165, 1.54) is 16.2 Å². The van der Waals surface area contributed by atoms with Crippen LogP contribution in [-0.2, 0) is 24.2 Å². The first-order valence-electron chi connectivity index (χ1n) is 9.77. The first kappa shape index (κ1) is 20.8. The van der Waals surface area contributed by atoms with Gasteiger partial charge in [0.2, 0.25) is 5.91 Å². The Morgan fingerprint density at radius 3 is 2.83 bits per heavy atom. The number of hydrogen-bond acceptors (Lipinski definition) is 8. The van der Waals surface area contributed by atoms with Crippen molar-refractivity contribution in [2.24, 2.45) is 0 Å². The number of methoxy groups -OCH3 is 2. The van der Waals surface area contributed by atoms with Gasteiger partial charge in [0.1, 0.15) is 5.01 Å². The zero-order valence-corrected chi connectivity index (χ0v) is 18.9. The van der Waals surface area contributed by atoms with E-state index in [1.807, 2.05) is 23.6 Å². The lowest BCUT2D eigenvalue weighted by Gasteiger charge is -2.23. The number of likely N-dealkylation sites (N-methyl/N-ethyl adjacent to an activating group) is 1. The molecule has 1 amide bonds. The van der Waals surface area contributed by atoms with E-state index in [4.69, 9.17) is 9.47 Å². The van der Waals surface area contributed by atoms with E-state index in [0.29, 0.717) is 16.6 Å². The van der Waals surface area contributed by atoms with E-state index in [1.54, 1.807) is 25.6 Å². The second-order valence-electron chi connectivity index (χ2n) is 6.95. The highest BCUT2D eigenvalue weighted by molar-refractivity contribution is 7.15. The molecule has 158 valence electrons. The summed E-state index contributed by atoms with van der Waals surface area (Å²) in [5.41, 5.74) is 2.78. The van der Waals surface area contributed by atoms with Crippen molar-refractivity contribution < 1.29 is 14.3 Å². The minimum atomic E-state index is -0.0994. The number of benzene rings is 1. The van der Waals surface area contributed by atoms with Crippen molar-refractivity contribution in [3.05, 3.63) is 39.8 Å². The van der Waals surface area contributed by atoms with Crippen LogP contribution in [0.1, 0.15) is 23.2 Å². The molecule has 0 bridgehead atoms. The third-order valence-corrected chi connectivity index (χ3v) is 6.97. The number of aromatic nitrogens is 2. The van der Waals surface area contributed by atoms with Crippen LogP contribution in [0.5, 0.6) is 11.5 Å². The van der Waals surface area contributed by atoms with Crippen molar-refractivity contribution in [1.82, 2.24) is 14.9 Å². The Morgan fingerprint density at radius 1 is 1.23 bits per heavy atom. The van der Waals surface area contributed by atoms with Gasteiger partial charge in [0.15, 0.2) is 16.6 Å². The smallest absolute Gasteiger partial charge is 0.232 e. The molecule has 0 unspecified atom stereocenters. The van der Waals surface area contributed by atoms with E-state index >= 15 is 0 Å². The molecular formula is C21H24N4O3S2. The Labute approximate surface area is 183 Å². The van der Waals surface area contributed by atoms with Gasteiger partial charge in [-0.1, -0.05) is 6.92 Å². The second-order valence-corrected chi connectivity index (χ2v) is 8.89. The van der Waals surface area contributed by atoms with Crippen LogP contribution in [0, 0.1) is 0 Å². The van der Waals surface area contributed by atoms with Crippen LogP contribution in [0.2, 0.25) is 0 Å². The van der Waals surface area contributed by atoms with Gasteiger partial charge in [0, 0.05) is 35.3 Å². The third kappa shape index (κ3) is 4.48. The third-order valence-electron chi connectivity index (χ3n) is 5.03. The van der Waals surface area contributed by atoms with Gasteiger partial charge in [-0.3, -0.25) is 9.69 Å². The van der Waals surface area contributed by atoms with Gasteiger partial charge >= 0.3 is 0 Å². The van der Waals surface area contributed by atoms with Crippen molar-refractivity contribution in [1.29, 1.82) is 0 Å². The molecule has 7 nitrogen and oxygen atoms in total. The first-order valence-corrected chi connectivity index (χ1v) is 11.5. The zero-order chi connectivity index (χ0) is 21.1. The van der Waals surface area contributed by atoms with Crippen LogP contribution in [0.3, 0.4) is 0 Å². The van der Waals surface area contributed by atoms with Crippen LogP contribution in [0.4, 0.5) is 5.13 Å². The van der Waals surface area contributed by atoms with Crippen molar-refractivity contribution in [2.45, 2.75) is 26.3 Å². The molecule has 1 aromatic carbocycles. The molecule has 9 heteroatoms. The van der Waals surface area contributed by atoms with E-state index in [-0.39, 0.29) is 12.3 Å². The number of rotatable bonds is 7. The summed E-state index contributed by atoms with van der Waals surface area (Å²) in [6.45, 7) is 5.14. The van der Waals surface area contributed by atoms with E-state index in [2.05, 4.69) is 27.1 Å². The van der Waals surface area contributed by atoms with Crippen molar-refractivity contribution >= 4 is 33.7 Å². The summed E-state index contributed by atoms with van der Waals surface area (Å²) in [5, 5.41) is 6.37. The van der Waals surface area contributed by atoms with E-state index < -0.39 is 0 Å². The van der Waals surface area contributed by atoms with Crippen molar-refractivity contribution in [3.8, 4) is 22.1 Å². The summed E-state index contributed by atoms with van der Waals surface area (Å²) in [4.78, 5) is 25.4. The number of hydrogen-bond donors (Lipinski definition) is 1. The fourth-order valence-corrected chi connectivity index (χ4v) is 5.27. The Bertz CT molecular complexity index is 1050. The molecule has 1 N–H and O–H groups in total. The molecule has 1 aliphatic rings. The number of carbonyl (C=O) groups is 1. The molecule has 0 fully saturated rings. The quantitative estimate of drug-likeness (QED) is 0.597. The van der Waals surface area contributed by atoms with Crippen LogP contribution in [-0.4, -0.2) is 48.1 Å². The summed E-state index contributed by atoms with van der Waals surface area (Å²) >= 11 is 3.08. The fraction of sp³-hybridized carbons (Fsp3) is 0.381. The number of nitrogens with zero attached hydrogens (tertiary/aromatic N) is 3. The highest BCUT2D eigenvalue weighted by Gasteiger charge is 2.20. The topological polar surface area (TPSA) is 76.6 Å². The number of thiazole rings is 2. The number of ether oxygens (including phenoxy) is 2. The predicted octanol–water partition coefficient (Wildman–Crippen LogP) is 3.84. The molecule has 0 atom stereocenters. The number of carbonyl (C=O) groups excluding carboxylic acids is 1. The number of nitrogens with one attached hydrogen (secondary N) is 1. The van der Waals surface area contributed by atoms with Gasteiger partial charge in [0.25, 0.3) is 0 Å². The molecule has 0 radical (unpaired) electrons. The van der Waals surface area contributed by atoms with Crippen molar-refractivity contribution in [2.75, 3.05) is 32.6 Å². The first-order chi connectivity index (χ1) is 14.6. The van der Waals surface area contributed by atoms with Gasteiger partial charge < -0.3 is 14.8 Å². The summed E-state index contributed by atoms with van der Waals surface area (Å²) in [7, 11) is 3.21. The van der Waals surface area contributed by atoms with E-state index in [0.717, 1.165) is 48.0 Å². The number of anilines is 1. The largest absolute Gasteiger partial charge is 0.493 e. The van der Waals surface area contributed by atoms with E-state index in [9.17, 15) is 4.79 Å². The van der Waals surface area contributed by atoms with Crippen LogP contribution < -0.4 is 14.8 Å². The zero-order valence-electron chi connectivity index (χ0n) is 17.2. The summed E-state index contributed by atoms with van der Waals surface area (Å²) < 4.78 is 10.6. The highest BCUT2D eigenvalue weighted by Crippen LogP contribution is 2.34. The summed E-state index contributed by atoms with van der Waals surface area (Å²) in [5.74, 6) is 1.22. The fourth-order valence-electron chi connectivity index (χ4n) is 3.39. The number of amides is 1. The van der Waals surface area contributed by atoms with Gasteiger partial charge in [-0.15, -0.1) is 22.7 Å². The normalized spacial score (nSPS) is 13.7. The lowest BCUT2D eigenvalue weighted by Crippen LogP contribution is -2.29. The lowest BCUT2D eigenvalue weighted by molar-refractivity contribution is -0.115. The molecule has 0 saturated carbocycles. The standard InChI is InChI=1S/C21H24N4O3S2/c1-4-25-8-7-15-18(11-25)30-21(23-15)24-19(26)10-14-12-29-20(22-14)13-5-6-16(27-2)17(9-13)28-3/h5-6,9,12H,4,7-8,10-11H2,1-3H3,(H,23,24,26). The second kappa shape index (κ2) is 9.11. The van der Waals surface area contributed by atoms with Gasteiger partial charge in [-0.05, 0) is 24.7 Å². The molecule has 2 aromatic heterocycles. The monoisotopic (exact) mass is 444 g/mol. The Balaban J connectivity index is 1.41. The average Bonchev–Trinajstić information content (AvgIpc) is 3.38. The summed E-state index contributed by atoms with van der Waals surface area (Å²) in [6.07, 6.45) is 1.16. The summed E-state index contributed by atoms with van der Waals surface area (Å²) in [6, 6.07) is 5.68. The van der Waals surface area contributed by atoms with Crippen LogP contribution in [0.25, 0.3) is 10.6 Å². The Hall–Kier alpha value is -2.49. The molecule has 3 heterocycles. The van der Waals surface area contributed by atoms with Crippen molar-refractivity contribution in [3.63, 3.8) is 0 Å². The molecule has 30 heavy (non-hydrogen) atoms. The minimum Gasteiger partial charge on any atom is -0.493 e. The molecular weight excluding hydrogens is 420 g/mol. The maximum absolute atomic E-state index is 12.5. The van der Waals surface area contributed by atoms with Crippen LogP contribution in [0.15, 0.2) is 23.6 Å².